The minimum atomic E-state index is -0.335. The van der Waals surface area contributed by atoms with Crippen molar-refractivity contribution in [2.24, 2.45) is 35.5 Å². The Morgan fingerprint density at radius 1 is 0.634 bits per heavy atom. The van der Waals surface area contributed by atoms with Crippen molar-refractivity contribution in [1.82, 2.24) is 0 Å². The predicted octanol–water partition coefficient (Wildman–Crippen LogP) is 6.36. The smallest absolute Gasteiger partial charge is 0.308 e. The Balaban J connectivity index is 1.32. The van der Waals surface area contributed by atoms with Crippen molar-refractivity contribution < 1.29 is 28.6 Å². The van der Waals surface area contributed by atoms with Gasteiger partial charge in [-0.3, -0.25) is 14.4 Å². The number of carbonyl (C=O) groups excluding carboxylic acids is 3. The zero-order chi connectivity index (χ0) is 28.5. The van der Waals surface area contributed by atoms with E-state index in [1.807, 2.05) is 36.4 Å². The summed E-state index contributed by atoms with van der Waals surface area (Å²) in [5, 5.41) is 0. The van der Waals surface area contributed by atoms with E-state index in [9.17, 15) is 14.4 Å². The van der Waals surface area contributed by atoms with Crippen molar-refractivity contribution in [2.75, 3.05) is 0 Å². The molecule has 3 aromatic carbocycles. The van der Waals surface area contributed by atoms with Gasteiger partial charge in [0.25, 0.3) is 0 Å². The lowest BCUT2D eigenvalue weighted by molar-refractivity contribution is -0.132. The molecule has 6 nitrogen and oxygen atoms in total. The van der Waals surface area contributed by atoms with E-state index < -0.39 is 0 Å². The first-order valence-electron chi connectivity index (χ1n) is 14.3. The van der Waals surface area contributed by atoms with Gasteiger partial charge in [0, 0.05) is 26.2 Å². The summed E-state index contributed by atoms with van der Waals surface area (Å²) in [6.45, 7) is 4.24. The van der Waals surface area contributed by atoms with Crippen LogP contribution >= 0.6 is 0 Å². The molecule has 4 aliphatic rings. The van der Waals surface area contributed by atoms with Crippen molar-refractivity contribution in [3.8, 4) is 17.2 Å². The van der Waals surface area contributed by atoms with Crippen LogP contribution in [0.15, 0.2) is 78.9 Å². The fourth-order valence-corrected chi connectivity index (χ4v) is 8.97. The molecular weight excluding hydrogens is 516 g/mol. The SMILES string of the molecule is CC(=O)Oc1ccc(C2=CC3C4CC(c5ccc(OC(C)=O)cc5)(c5ccc(OC(C)=O)cc5)C5C4CC3C25)cc1. The fraction of sp³-hybridized carbons (Fsp3) is 0.343. The van der Waals surface area contributed by atoms with Crippen molar-refractivity contribution in [3.05, 3.63) is 95.6 Å². The molecule has 0 aliphatic heterocycles. The van der Waals surface area contributed by atoms with Gasteiger partial charge in [-0.05, 0) is 107 Å². The normalized spacial score (nSPS) is 27.8. The number of esters is 3. The van der Waals surface area contributed by atoms with Crippen molar-refractivity contribution in [1.29, 1.82) is 0 Å². The van der Waals surface area contributed by atoms with E-state index in [0.717, 1.165) is 6.42 Å². The second kappa shape index (κ2) is 9.44. The maximum Gasteiger partial charge on any atom is 0.308 e. The van der Waals surface area contributed by atoms with Crippen LogP contribution in [0.4, 0.5) is 0 Å². The summed E-state index contributed by atoms with van der Waals surface area (Å²) in [4.78, 5) is 34.6. The first-order chi connectivity index (χ1) is 19.7. The van der Waals surface area contributed by atoms with Gasteiger partial charge < -0.3 is 14.2 Å². The van der Waals surface area contributed by atoms with Gasteiger partial charge in [0.15, 0.2) is 0 Å². The van der Waals surface area contributed by atoms with Gasteiger partial charge in [0.05, 0.1) is 0 Å². The number of allylic oxidation sites excluding steroid dienone is 2. The van der Waals surface area contributed by atoms with Crippen LogP contribution in [0.1, 0.15) is 50.3 Å². The lowest BCUT2D eigenvalue weighted by atomic mass is 9.62. The molecule has 0 aromatic heterocycles. The molecule has 0 radical (unpaired) electrons. The molecule has 3 saturated carbocycles. The summed E-state index contributed by atoms with van der Waals surface area (Å²) in [5.41, 5.74) is 4.81. The molecule has 6 unspecified atom stereocenters. The highest BCUT2D eigenvalue weighted by Crippen LogP contribution is 2.77. The fourth-order valence-electron chi connectivity index (χ4n) is 8.97. The Labute approximate surface area is 239 Å². The van der Waals surface area contributed by atoms with Gasteiger partial charge in [0.2, 0.25) is 0 Å². The Kier molecular flexibility index (Phi) is 5.93. The van der Waals surface area contributed by atoms with E-state index in [1.165, 1.54) is 49.5 Å². The monoisotopic (exact) mass is 548 g/mol. The molecule has 7 rings (SSSR count). The molecule has 0 N–H and O–H groups in total. The van der Waals surface area contributed by atoms with Crippen molar-refractivity contribution in [3.63, 3.8) is 0 Å². The number of benzene rings is 3. The molecule has 0 amide bonds. The van der Waals surface area contributed by atoms with Gasteiger partial charge in [-0.2, -0.15) is 0 Å². The quantitative estimate of drug-likeness (QED) is 0.263. The summed E-state index contributed by atoms with van der Waals surface area (Å²) >= 11 is 0. The van der Waals surface area contributed by atoms with Crippen LogP contribution in [0.5, 0.6) is 17.2 Å². The van der Waals surface area contributed by atoms with Gasteiger partial charge in [-0.1, -0.05) is 42.5 Å². The van der Waals surface area contributed by atoms with E-state index in [-0.39, 0.29) is 23.3 Å². The Morgan fingerprint density at radius 2 is 1.10 bits per heavy atom. The third kappa shape index (κ3) is 4.03. The number of hydrogen-bond donors (Lipinski definition) is 0. The number of hydrogen-bond acceptors (Lipinski definition) is 6. The van der Waals surface area contributed by atoms with Crippen LogP contribution in [0.2, 0.25) is 0 Å². The summed E-state index contributed by atoms with van der Waals surface area (Å²) in [7, 11) is 0. The van der Waals surface area contributed by atoms with E-state index in [2.05, 4.69) is 42.5 Å². The van der Waals surface area contributed by atoms with Crippen molar-refractivity contribution in [2.45, 2.75) is 39.0 Å². The van der Waals surface area contributed by atoms with Gasteiger partial charge >= 0.3 is 17.9 Å². The second-order valence-corrected chi connectivity index (χ2v) is 12.0. The molecular formula is C35H32O6. The molecule has 208 valence electrons. The third-order valence-corrected chi connectivity index (χ3v) is 9.96. The molecule has 3 aromatic rings. The molecule has 3 fully saturated rings. The average molecular weight is 549 g/mol. The summed E-state index contributed by atoms with van der Waals surface area (Å²) in [6.07, 6.45) is 4.82. The Bertz CT molecular complexity index is 1510. The highest BCUT2D eigenvalue weighted by atomic mass is 16.5. The van der Waals surface area contributed by atoms with Crippen LogP contribution in [0.3, 0.4) is 0 Å². The van der Waals surface area contributed by atoms with E-state index in [1.54, 1.807) is 0 Å². The van der Waals surface area contributed by atoms with Crippen LogP contribution < -0.4 is 14.2 Å². The molecule has 4 aliphatic carbocycles. The maximum absolute atomic E-state index is 11.6. The van der Waals surface area contributed by atoms with Crippen molar-refractivity contribution >= 4 is 23.5 Å². The molecule has 6 heteroatoms. The highest BCUT2D eigenvalue weighted by Gasteiger charge is 2.71. The summed E-state index contributed by atoms with van der Waals surface area (Å²) in [6, 6.07) is 24.1. The zero-order valence-corrected chi connectivity index (χ0v) is 23.3. The average Bonchev–Trinajstić information content (AvgIpc) is 3.60. The van der Waals surface area contributed by atoms with Gasteiger partial charge in [-0.15, -0.1) is 0 Å². The van der Waals surface area contributed by atoms with E-state index in [0.29, 0.717) is 52.8 Å². The number of ether oxygens (including phenoxy) is 3. The lowest BCUT2D eigenvalue weighted by Gasteiger charge is -2.41. The summed E-state index contributed by atoms with van der Waals surface area (Å²) < 4.78 is 16.0. The third-order valence-electron chi connectivity index (χ3n) is 9.96. The first-order valence-corrected chi connectivity index (χ1v) is 14.3. The van der Waals surface area contributed by atoms with Crippen LogP contribution in [-0.2, 0) is 19.8 Å². The molecule has 0 heterocycles. The highest BCUT2D eigenvalue weighted by molar-refractivity contribution is 5.75. The molecule has 6 atom stereocenters. The maximum atomic E-state index is 11.6. The second-order valence-electron chi connectivity index (χ2n) is 12.0. The van der Waals surface area contributed by atoms with E-state index in [4.69, 9.17) is 14.2 Å². The molecule has 0 spiro atoms. The van der Waals surface area contributed by atoms with Crippen LogP contribution in [-0.4, -0.2) is 17.9 Å². The Hall–Kier alpha value is -4.19. The zero-order valence-electron chi connectivity index (χ0n) is 23.3. The molecule has 41 heavy (non-hydrogen) atoms. The minimum Gasteiger partial charge on any atom is -0.427 e. The molecule has 2 bridgehead atoms. The topological polar surface area (TPSA) is 78.9 Å². The number of carbonyl (C=O) groups is 3. The van der Waals surface area contributed by atoms with Gasteiger partial charge in [0.1, 0.15) is 17.2 Å². The standard InChI is InChI=1S/C35H32O6/c1-19(36)39-25-10-4-22(5-11-25)28-16-29-30-17-31-32(29)18-35(34(31)33(28)30,23-6-12-26(13-7-23)40-20(2)37)24-8-14-27(15-9-24)41-21(3)38/h4-16,29-34H,17-18H2,1-3H3. The van der Waals surface area contributed by atoms with Crippen LogP contribution in [0, 0.1) is 35.5 Å². The first kappa shape index (κ1) is 25.8. The minimum absolute atomic E-state index is 0.232. The van der Waals surface area contributed by atoms with E-state index >= 15 is 0 Å². The number of fused-ring (bicyclic) bond motifs is 2. The largest absolute Gasteiger partial charge is 0.427 e. The number of rotatable bonds is 6. The molecule has 0 saturated heterocycles. The Morgan fingerprint density at radius 3 is 1.56 bits per heavy atom. The van der Waals surface area contributed by atoms with Crippen LogP contribution in [0.25, 0.3) is 5.57 Å². The summed E-state index contributed by atoms with van der Waals surface area (Å²) in [5.74, 6) is 3.83. The van der Waals surface area contributed by atoms with Gasteiger partial charge in [-0.25, -0.2) is 0 Å². The predicted molar refractivity (Wildman–Crippen MR) is 152 cm³/mol. The lowest BCUT2D eigenvalue weighted by Crippen LogP contribution is -2.37.